The van der Waals surface area contributed by atoms with E-state index in [9.17, 15) is 19.7 Å². The fraction of sp³-hybridized carbons (Fsp3) is 0.167. The number of benzene rings is 3. The lowest BCUT2D eigenvalue weighted by molar-refractivity contribution is -0.578. The third-order valence-corrected chi connectivity index (χ3v) is 7.16. The number of halogens is 1. The van der Waals surface area contributed by atoms with Crippen molar-refractivity contribution in [1.29, 1.82) is 0 Å². The Balaban J connectivity index is 1.68. The van der Waals surface area contributed by atoms with Gasteiger partial charge in [-0.2, -0.15) is 0 Å². The highest BCUT2D eigenvalue weighted by Gasteiger charge is 2.74. The normalized spacial score (nSPS) is 27.6. The number of hydrogen-bond donors (Lipinski definition) is 0. The third kappa shape index (κ3) is 2.03. The molecular formula is C24H15ClN2O4. The molecule has 7 rings (SSSR count). The van der Waals surface area contributed by atoms with Gasteiger partial charge in [0.15, 0.2) is 0 Å². The van der Waals surface area contributed by atoms with Crippen LogP contribution in [0.2, 0.25) is 5.02 Å². The van der Waals surface area contributed by atoms with Crippen LogP contribution in [0.15, 0.2) is 72.8 Å². The Morgan fingerprint density at radius 3 is 2.06 bits per heavy atom. The molecule has 4 aliphatic rings. The number of nitro groups is 1. The maximum atomic E-state index is 13.7. The van der Waals surface area contributed by atoms with Gasteiger partial charge in [0.1, 0.15) is 5.92 Å². The Kier molecular flexibility index (Phi) is 3.55. The van der Waals surface area contributed by atoms with Crippen LogP contribution in [0.1, 0.15) is 28.2 Å². The van der Waals surface area contributed by atoms with Gasteiger partial charge in [0.05, 0.1) is 11.6 Å². The molecule has 2 amide bonds. The minimum absolute atomic E-state index is 0.336. The van der Waals surface area contributed by atoms with Crippen molar-refractivity contribution in [2.75, 3.05) is 4.90 Å². The second-order valence-corrected chi connectivity index (χ2v) is 8.61. The number of hydrogen-bond acceptors (Lipinski definition) is 4. The average Bonchev–Trinajstić information content (AvgIpc) is 3.04. The van der Waals surface area contributed by atoms with Crippen LogP contribution < -0.4 is 4.90 Å². The lowest BCUT2D eigenvalue weighted by atomic mass is 9.51. The van der Waals surface area contributed by atoms with Crippen molar-refractivity contribution in [3.8, 4) is 0 Å². The van der Waals surface area contributed by atoms with E-state index >= 15 is 0 Å². The molecule has 152 valence electrons. The van der Waals surface area contributed by atoms with E-state index in [0.717, 1.165) is 16.0 Å². The molecule has 0 saturated carbocycles. The van der Waals surface area contributed by atoms with E-state index in [4.69, 9.17) is 11.6 Å². The van der Waals surface area contributed by atoms with Crippen molar-refractivity contribution in [2.24, 2.45) is 11.8 Å². The molecule has 0 aromatic heterocycles. The van der Waals surface area contributed by atoms with Crippen molar-refractivity contribution in [2.45, 2.75) is 11.5 Å². The molecule has 2 atom stereocenters. The molecule has 1 saturated heterocycles. The van der Waals surface area contributed by atoms with Crippen molar-refractivity contribution in [1.82, 2.24) is 0 Å². The maximum absolute atomic E-state index is 13.7. The Morgan fingerprint density at radius 2 is 1.48 bits per heavy atom. The fourth-order valence-corrected chi connectivity index (χ4v) is 6.10. The van der Waals surface area contributed by atoms with Crippen molar-refractivity contribution < 1.29 is 14.5 Å². The zero-order chi connectivity index (χ0) is 21.5. The topological polar surface area (TPSA) is 80.5 Å². The summed E-state index contributed by atoms with van der Waals surface area (Å²) in [5, 5.41) is 13.2. The largest absolute Gasteiger partial charge is 0.285 e. The third-order valence-electron chi connectivity index (χ3n) is 6.93. The number of anilines is 1. The van der Waals surface area contributed by atoms with E-state index in [1.165, 1.54) is 6.07 Å². The van der Waals surface area contributed by atoms with E-state index in [2.05, 4.69) is 0 Å². The Morgan fingerprint density at radius 1 is 0.871 bits per heavy atom. The number of carbonyl (C=O) groups excluding carboxylic acids is 2. The predicted octanol–water partition coefficient (Wildman–Crippen LogP) is 4.13. The van der Waals surface area contributed by atoms with Gasteiger partial charge in [0.2, 0.25) is 11.8 Å². The molecule has 1 aliphatic heterocycles. The summed E-state index contributed by atoms with van der Waals surface area (Å²) in [5.41, 5.74) is 1.01. The summed E-state index contributed by atoms with van der Waals surface area (Å²) in [4.78, 5) is 41.0. The monoisotopic (exact) mass is 430 g/mol. The van der Waals surface area contributed by atoms with Crippen molar-refractivity contribution >= 4 is 29.1 Å². The molecule has 7 heteroatoms. The van der Waals surface area contributed by atoms with Gasteiger partial charge in [-0.15, -0.1) is 0 Å². The number of amides is 2. The standard InChI is InChI=1S/C24H15ClN2O4/c25-13-6-5-7-14(12-13)26-22(28)20-19-15-8-1-3-10-17(15)24(27(30)31,21(20)23(26)29)18-11-4-2-9-16(18)19/h1-12,19-21H/t19?,20-,21-,24?/m0/s1. The molecule has 2 bridgehead atoms. The van der Waals surface area contributed by atoms with E-state index in [1.54, 1.807) is 42.5 Å². The average molecular weight is 431 g/mol. The smallest absolute Gasteiger partial charge is 0.274 e. The minimum Gasteiger partial charge on any atom is -0.274 e. The molecule has 1 heterocycles. The van der Waals surface area contributed by atoms with Gasteiger partial charge in [0, 0.05) is 27.0 Å². The van der Waals surface area contributed by atoms with Gasteiger partial charge in [-0.25, -0.2) is 4.90 Å². The van der Waals surface area contributed by atoms with Gasteiger partial charge in [-0.05, 0) is 29.3 Å². The highest BCUT2D eigenvalue weighted by Crippen LogP contribution is 2.64. The van der Waals surface area contributed by atoms with Crippen LogP contribution in [0.5, 0.6) is 0 Å². The van der Waals surface area contributed by atoms with E-state index in [0.29, 0.717) is 21.8 Å². The molecule has 31 heavy (non-hydrogen) atoms. The molecular weight excluding hydrogens is 416 g/mol. The first-order valence-corrected chi connectivity index (χ1v) is 10.3. The zero-order valence-electron chi connectivity index (χ0n) is 16.1. The quantitative estimate of drug-likeness (QED) is 0.348. The van der Waals surface area contributed by atoms with Crippen molar-refractivity contribution in [3.63, 3.8) is 0 Å². The van der Waals surface area contributed by atoms with Crippen LogP contribution in [-0.4, -0.2) is 16.7 Å². The lowest BCUT2D eigenvalue weighted by Crippen LogP contribution is -2.57. The van der Waals surface area contributed by atoms with Gasteiger partial charge < -0.3 is 0 Å². The Hall–Kier alpha value is -3.51. The summed E-state index contributed by atoms with van der Waals surface area (Å²) in [6.45, 7) is 0. The summed E-state index contributed by atoms with van der Waals surface area (Å²) in [6.07, 6.45) is 0. The predicted molar refractivity (Wildman–Crippen MR) is 113 cm³/mol. The highest BCUT2D eigenvalue weighted by molar-refractivity contribution is 6.31. The highest BCUT2D eigenvalue weighted by atomic mass is 35.5. The van der Waals surface area contributed by atoms with Crippen LogP contribution in [-0.2, 0) is 15.1 Å². The molecule has 3 aromatic carbocycles. The van der Waals surface area contributed by atoms with Crippen LogP contribution in [0.4, 0.5) is 5.69 Å². The summed E-state index contributed by atoms with van der Waals surface area (Å²) in [6, 6.07) is 20.7. The number of rotatable bonds is 2. The van der Waals surface area contributed by atoms with Gasteiger partial charge in [-0.3, -0.25) is 19.7 Å². The first-order valence-electron chi connectivity index (χ1n) is 9.94. The molecule has 0 spiro atoms. The zero-order valence-corrected chi connectivity index (χ0v) is 16.8. The summed E-state index contributed by atoms with van der Waals surface area (Å²) in [7, 11) is 0. The van der Waals surface area contributed by atoms with Gasteiger partial charge in [-0.1, -0.05) is 66.2 Å². The summed E-state index contributed by atoms with van der Waals surface area (Å²) >= 11 is 6.11. The Labute approximate surface area is 182 Å². The first-order chi connectivity index (χ1) is 15.0. The second kappa shape index (κ2) is 6.02. The van der Waals surface area contributed by atoms with Crippen molar-refractivity contribution in [3.05, 3.63) is 110 Å². The second-order valence-electron chi connectivity index (χ2n) is 8.17. The number of carbonyl (C=O) groups is 2. The van der Waals surface area contributed by atoms with Crippen LogP contribution in [0.3, 0.4) is 0 Å². The summed E-state index contributed by atoms with van der Waals surface area (Å²) in [5.74, 6) is -3.36. The molecule has 1 fully saturated rings. The molecule has 0 radical (unpaired) electrons. The summed E-state index contributed by atoms with van der Waals surface area (Å²) < 4.78 is 0. The van der Waals surface area contributed by atoms with E-state index < -0.39 is 35.1 Å². The van der Waals surface area contributed by atoms with E-state index in [-0.39, 0.29) is 4.92 Å². The Bertz CT molecular complexity index is 1270. The first kappa shape index (κ1) is 18.3. The molecule has 3 aromatic rings. The lowest BCUT2D eigenvalue weighted by Gasteiger charge is -2.48. The SMILES string of the molecule is O=C1[C@@H]2[C@@H](C(=O)N1c1cccc(Cl)c1)C1c3ccccc3C2([N+](=O)[O-])c2ccccc21. The molecule has 0 N–H and O–H groups in total. The van der Waals surface area contributed by atoms with Crippen LogP contribution >= 0.6 is 11.6 Å². The van der Waals surface area contributed by atoms with Crippen LogP contribution in [0.25, 0.3) is 0 Å². The minimum atomic E-state index is -1.81. The maximum Gasteiger partial charge on any atom is 0.285 e. The van der Waals surface area contributed by atoms with E-state index in [1.807, 2.05) is 24.3 Å². The number of imide groups is 1. The molecule has 6 nitrogen and oxygen atoms in total. The van der Waals surface area contributed by atoms with Gasteiger partial charge >= 0.3 is 0 Å². The van der Waals surface area contributed by atoms with Crippen LogP contribution in [0, 0.1) is 22.0 Å². The molecule has 3 aliphatic carbocycles. The fourth-order valence-electron chi connectivity index (χ4n) is 5.91. The molecule has 0 unspecified atom stereocenters. The number of nitrogens with zero attached hydrogens (tertiary/aromatic N) is 2. The van der Waals surface area contributed by atoms with Gasteiger partial charge in [0.25, 0.3) is 5.54 Å².